The summed E-state index contributed by atoms with van der Waals surface area (Å²) in [5.41, 5.74) is 11.1. The minimum atomic E-state index is -4.77. The average Bonchev–Trinajstić information content (AvgIpc) is 2.61. The zero-order valence-corrected chi connectivity index (χ0v) is 11.3. The molecule has 5 N–H and O–H groups in total. The highest BCUT2D eigenvalue weighted by Crippen LogP contribution is 2.12. The van der Waals surface area contributed by atoms with Gasteiger partial charge in [-0.1, -0.05) is 22.1 Å². The molecule has 0 saturated heterocycles. The molecule has 11 heteroatoms. The van der Waals surface area contributed by atoms with E-state index < -0.39 is 10.4 Å². The lowest BCUT2D eigenvalue weighted by Gasteiger charge is -2.17. The van der Waals surface area contributed by atoms with Crippen LogP contribution in [0.1, 0.15) is 12.8 Å². The molecule has 0 aliphatic carbocycles. The van der Waals surface area contributed by atoms with Gasteiger partial charge in [-0.3, -0.25) is 4.55 Å². The minimum Gasteiger partial charge on any atom is -0.320 e. The number of rotatable bonds is 3. The summed E-state index contributed by atoms with van der Waals surface area (Å²) >= 11 is 0. The Balaban J connectivity index is 2.32. The molecule has 0 radical (unpaired) electrons. The first kappa shape index (κ1) is 14.3. The van der Waals surface area contributed by atoms with Crippen LogP contribution in [-0.4, -0.2) is 36.0 Å². The van der Waals surface area contributed by atoms with E-state index in [4.69, 9.17) is 16.0 Å². The highest BCUT2D eigenvalue weighted by molar-refractivity contribution is 7.80. The van der Waals surface area contributed by atoms with Gasteiger partial charge in [0.2, 0.25) is 0 Å². The number of nitrogen functional groups attached to an aromatic ring is 2. The molecule has 0 unspecified atom stereocenters. The van der Waals surface area contributed by atoms with E-state index in [9.17, 15) is 8.42 Å². The number of anilines is 3. The van der Waals surface area contributed by atoms with Crippen LogP contribution in [0.4, 0.5) is 17.8 Å². The normalized spacial score (nSPS) is 15.9. The van der Waals surface area contributed by atoms with Gasteiger partial charge in [0.25, 0.3) is 0 Å². The van der Waals surface area contributed by atoms with E-state index in [0.717, 1.165) is 19.4 Å². The van der Waals surface area contributed by atoms with E-state index in [0.29, 0.717) is 11.3 Å². The second-order valence-corrected chi connectivity index (χ2v) is 5.10. The van der Waals surface area contributed by atoms with Gasteiger partial charge in [-0.25, -0.2) is 4.28 Å². The van der Waals surface area contributed by atoms with Crippen molar-refractivity contribution in [3.63, 3.8) is 0 Å². The zero-order chi connectivity index (χ0) is 14.8. The maximum absolute atomic E-state index is 10.7. The largest absolute Gasteiger partial charge is 0.472 e. The lowest BCUT2D eigenvalue weighted by Crippen LogP contribution is -2.51. The number of nitrogens with zero attached hydrogens (tertiary/aromatic N) is 4. The first-order chi connectivity index (χ1) is 9.37. The van der Waals surface area contributed by atoms with Crippen LogP contribution in [0.3, 0.4) is 0 Å². The Morgan fingerprint density at radius 1 is 1.30 bits per heavy atom. The molecule has 1 aromatic rings. The number of aromatic nitrogens is 3. The van der Waals surface area contributed by atoms with Gasteiger partial charge < -0.3 is 16.4 Å². The third kappa shape index (κ3) is 3.45. The summed E-state index contributed by atoms with van der Waals surface area (Å²) in [7, 11) is -4.77. The standard InChI is InChI=1S/C9H14N6O4S/c10-7-12-9(14-5-3-1-2-4-6-14)13-8(11)15(7)19-20(16,17)18/h1,3H,2,4-6H2,(H4,10,11,12,13,16,17,18)/p+1. The first-order valence-corrected chi connectivity index (χ1v) is 7.16. The molecular formula is C9H15N6O4S+. The van der Waals surface area contributed by atoms with E-state index >= 15 is 0 Å². The lowest BCUT2D eigenvalue weighted by atomic mass is 10.3. The summed E-state index contributed by atoms with van der Waals surface area (Å²) in [6.45, 7) is 1.32. The Morgan fingerprint density at radius 2 is 1.95 bits per heavy atom. The zero-order valence-electron chi connectivity index (χ0n) is 10.5. The van der Waals surface area contributed by atoms with Crippen LogP contribution in [0.5, 0.6) is 0 Å². The molecule has 2 heterocycles. The number of hydrogen-bond acceptors (Lipinski definition) is 8. The van der Waals surface area contributed by atoms with Crippen LogP contribution in [0.15, 0.2) is 12.2 Å². The molecule has 0 aromatic carbocycles. The molecular weight excluding hydrogens is 288 g/mol. The monoisotopic (exact) mass is 303 g/mol. The van der Waals surface area contributed by atoms with Crippen LogP contribution < -0.4 is 25.4 Å². The van der Waals surface area contributed by atoms with Crippen molar-refractivity contribution in [3.05, 3.63) is 12.2 Å². The molecule has 1 aliphatic heterocycles. The van der Waals surface area contributed by atoms with Crippen LogP contribution in [-0.2, 0) is 10.4 Å². The van der Waals surface area contributed by atoms with E-state index in [-0.39, 0.29) is 17.8 Å². The first-order valence-electron chi connectivity index (χ1n) is 5.79. The molecule has 2 rings (SSSR count). The third-order valence-corrected chi connectivity index (χ3v) is 2.93. The fourth-order valence-electron chi connectivity index (χ4n) is 1.74. The molecule has 1 aromatic heterocycles. The van der Waals surface area contributed by atoms with Crippen molar-refractivity contribution >= 4 is 28.2 Å². The predicted octanol–water partition coefficient (Wildman–Crippen LogP) is -1.68. The van der Waals surface area contributed by atoms with Gasteiger partial charge in [0.15, 0.2) is 0 Å². The second-order valence-electron chi connectivity index (χ2n) is 4.10. The van der Waals surface area contributed by atoms with Crippen LogP contribution in [0.2, 0.25) is 0 Å². The van der Waals surface area contributed by atoms with Gasteiger partial charge in [0, 0.05) is 13.1 Å². The van der Waals surface area contributed by atoms with Crippen molar-refractivity contribution in [2.45, 2.75) is 12.8 Å². The quantitative estimate of drug-likeness (QED) is 0.338. The maximum Gasteiger partial charge on any atom is 0.472 e. The van der Waals surface area contributed by atoms with E-state index in [1.54, 1.807) is 0 Å². The Morgan fingerprint density at radius 3 is 2.55 bits per heavy atom. The molecule has 10 nitrogen and oxygen atoms in total. The van der Waals surface area contributed by atoms with Crippen LogP contribution >= 0.6 is 0 Å². The van der Waals surface area contributed by atoms with Crippen molar-refractivity contribution in [2.75, 3.05) is 29.5 Å². The highest BCUT2D eigenvalue weighted by atomic mass is 32.3. The fraction of sp³-hybridized carbons (Fsp3) is 0.444. The van der Waals surface area contributed by atoms with Crippen molar-refractivity contribution in [1.29, 1.82) is 0 Å². The topological polar surface area (TPSA) is 149 Å². The Bertz CT molecular complexity index is 608. The Kier molecular flexibility index (Phi) is 3.90. The van der Waals surface area contributed by atoms with Gasteiger partial charge in [0.05, 0.1) is 0 Å². The third-order valence-electron chi connectivity index (χ3n) is 2.59. The van der Waals surface area contributed by atoms with Gasteiger partial charge in [0.1, 0.15) is 0 Å². The van der Waals surface area contributed by atoms with E-state index in [1.807, 2.05) is 11.0 Å². The molecule has 110 valence electrons. The molecule has 0 bridgehead atoms. The molecule has 20 heavy (non-hydrogen) atoms. The fourth-order valence-corrected chi connectivity index (χ4v) is 2.08. The van der Waals surface area contributed by atoms with Gasteiger partial charge in [-0.2, -0.15) is 8.42 Å². The molecule has 0 saturated carbocycles. The summed E-state index contributed by atoms with van der Waals surface area (Å²) in [5, 5.41) is 0. The summed E-state index contributed by atoms with van der Waals surface area (Å²) < 4.78 is 34.5. The molecule has 0 atom stereocenters. The Labute approximate surface area is 115 Å². The van der Waals surface area contributed by atoms with E-state index in [1.165, 1.54) is 0 Å². The number of hydrogen-bond donors (Lipinski definition) is 3. The van der Waals surface area contributed by atoms with Crippen molar-refractivity contribution in [2.24, 2.45) is 0 Å². The summed E-state index contributed by atoms with van der Waals surface area (Å²) in [6.07, 6.45) is 5.91. The second kappa shape index (κ2) is 5.46. The predicted molar refractivity (Wildman–Crippen MR) is 69.8 cm³/mol. The SMILES string of the molecule is Nc1nc(N2CC=CCCC2)nc(N)[n+]1OS(=O)(=O)O. The van der Waals surface area contributed by atoms with Crippen molar-refractivity contribution < 1.29 is 22.0 Å². The van der Waals surface area contributed by atoms with Crippen LogP contribution in [0, 0.1) is 0 Å². The molecule has 0 amide bonds. The van der Waals surface area contributed by atoms with Gasteiger partial charge >= 0.3 is 28.2 Å². The summed E-state index contributed by atoms with van der Waals surface area (Å²) in [6, 6.07) is 0. The lowest BCUT2D eigenvalue weighted by molar-refractivity contribution is -0.836. The minimum absolute atomic E-state index is 0.265. The van der Waals surface area contributed by atoms with Gasteiger partial charge in [-0.05, 0) is 17.6 Å². The summed E-state index contributed by atoms with van der Waals surface area (Å²) in [5.74, 6) is -0.404. The summed E-state index contributed by atoms with van der Waals surface area (Å²) in [4.78, 5) is 9.69. The maximum atomic E-state index is 10.7. The molecule has 0 spiro atoms. The molecule has 0 fully saturated rings. The highest BCUT2D eigenvalue weighted by Gasteiger charge is 2.24. The molecule has 1 aliphatic rings. The van der Waals surface area contributed by atoms with Gasteiger partial charge in [-0.15, -0.1) is 0 Å². The number of allylic oxidation sites excluding steroid dienone is 1. The number of nitrogens with two attached hydrogens (primary N) is 2. The van der Waals surface area contributed by atoms with Crippen molar-refractivity contribution in [3.8, 4) is 0 Å². The van der Waals surface area contributed by atoms with Crippen LogP contribution in [0.25, 0.3) is 0 Å². The Hall–Kier alpha value is -2.14. The van der Waals surface area contributed by atoms with E-state index in [2.05, 4.69) is 20.3 Å². The van der Waals surface area contributed by atoms with Crippen molar-refractivity contribution in [1.82, 2.24) is 9.97 Å². The smallest absolute Gasteiger partial charge is 0.320 e. The average molecular weight is 303 g/mol.